The highest BCUT2D eigenvalue weighted by Gasteiger charge is 2.21. The summed E-state index contributed by atoms with van der Waals surface area (Å²) >= 11 is 0. The van der Waals surface area contributed by atoms with E-state index in [2.05, 4.69) is 136 Å². The van der Waals surface area contributed by atoms with Gasteiger partial charge in [0.25, 0.3) is 0 Å². The second kappa shape index (κ2) is 24.0. The van der Waals surface area contributed by atoms with Crippen molar-refractivity contribution in [2.45, 2.75) is 64.6 Å². The van der Waals surface area contributed by atoms with Crippen molar-refractivity contribution in [2.75, 3.05) is 13.2 Å². The maximum Gasteiger partial charge on any atom is 0.330 e. The fourth-order valence-corrected chi connectivity index (χ4v) is 9.32. The van der Waals surface area contributed by atoms with E-state index in [0.717, 1.165) is 134 Å². The summed E-state index contributed by atoms with van der Waals surface area (Å²) in [5, 5.41) is 6.83. The van der Waals surface area contributed by atoms with Crippen LogP contribution < -0.4 is 0 Å². The Bertz CT molecular complexity index is 3040. The maximum atomic E-state index is 11.9. The molecule has 0 heterocycles. The highest BCUT2D eigenvalue weighted by atomic mass is 16.5. The molecule has 0 saturated carbocycles. The van der Waals surface area contributed by atoms with Crippen LogP contribution in [-0.2, 0) is 64.2 Å². The average molecular weight is 955 g/mol. The van der Waals surface area contributed by atoms with Crippen LogP contribution in [0.4, 0.5) is 0 Å². The number of unbranched alkanes of at least 4 members (excludes halogenated alkanes) is 4. The Morgan fingerprint density at radius 3 is 0.903 bits per heavy atom. The van der Waals surface area contributed by atoms with Crippen molar-refractivity contribution in [1.82, 2.24) is 0 Å². The van der Waals surface area contributed by atoms with E-state index in [1.165, 1.54) is 40.8 Å². The summed E-state index contributed by atoms with van der Waals surface area (Å²) in [6, 6.07) is 47.8. The molecule has 8 rings (SSSR count). The second-order valence-corrected chi connectivity index (χ2v) is 17.8. The van der Waals surface area contributed by atoms with Crippen LogP contribution in [0, 0.1) is 0 Å². The number of hydrogen-bond donors (Lipinski definition) is 0. The van der Waals surface area contributed by atoms with E-state index in [4.69, 9.17) is 18.9 Å². The molecule has 8 aromatic carbocycles. The molecule has 0 radical (unpaired) electrons. The third-order valence-corrected chi connectivity index (χ3v) is 13.1. The van der Waals surface area contributed by atoms with Crippen molar-refractivity contribution in [3.8, 4) is 44.5 Å². The van der Waals surface area contributed by atoms with Gasteiger partial charge in [0.1, 0.15) is 13.2 Å². The van der Waals surface area contributed by atoms with Crippen LogP contribution in [0.15, 0.2) is 184 Å². The molecule has 8 aromatic rings. The zero-order valence-corrected chi connectivity index (χ0v) is 40.6. The number of carbonyl (C=O) groups excluding carboxylic acids is 4. The van der Waals surface area contributed by atoms with Crippen LogP contribution in [0.1, 0.15) is 60.8 Å². The van der Waals surface area contributed by atoms with Gasteiger partial charge in [0.2, 0.25) is 0 Å². The minimum absolute atomic E-state index is 0.140. The van der Waals surface area contributed by atoms with E-state index in [-0.39, 0.29) is 25.2 Å². The predicted molar refractivity (Wildman–Crippen MR) is 289 cm³/mol. The Labute approximate surface area is 421 Å². The van der Waals surface area contributed by atoms with Crippen molar-refractivity contribution in [1.29, 1.82) is 0 Å². The van der Waals surface area contributed by atoms with Crippen LogP contribution in [-0.4, -0.2) is 37.1 Å². The standard InChI is InChI=1S/C64H58O8/c1-5-59(65)69-37-13-9-11-15-43-17-25-47(26-18-43)55-39-56(48-27-19-44(20-28-48)16-12-10-14-38-70-60(66)6-2)52-34-36-54-58(50-31-23-46(24-32-50)42-72-62(68)8-4)40-57(53-35-33-51(55)63(52)64(53)54)49-29-21-45(22-30-49)41-71-61(67)7-3/h5-8,17-36,39-40H,1-4,9-16,37-38,41-42H2. The van der Waals surface area contributed by atoms with Gasteiger partial charge in [-0.2, -0.15) is 0 Å². The lowest BCUT2D eigenvalue weighted by atomic mass is 9.81. The molecule has 0 aromatic heterocycles. The SMILES string of the molecule is C=CC(=O)OCCCCCc1ccc(-c2cc(-c3ccc(CCCCCOC(=O)C=C)cc3)c3ccc4c(-c5ccc(COC(=O)C=C)cc5)cc(-c5ccc(COC(=O)C=C)cc5)c5ccc2c3c54)cc1. The van der Waals surface area contributed by atoms with Gasteiger partial charge in [-0.05, 0) is 163 Å². The Morgan fingerprint density at radius 1 is 0.333 bits per heavy atom. The van der Waals surface area contributed by atoms with E-state index < -0.39 is 11.9 Å². The van der Waals surface area contributed by atoms with E-state index >= 15 is 0 Å². The minimum Gasteiger partial charge on any atom is -0.463 e. The lowest BCUT2D eigenvalue weighted by Gasteiger charge is -2.22. The highest BCUT2D eigenvalue weighted by molar-refractivity contribution is 6.32. The molecule has 0 unspecified atom stereocenters. The number of carbonyl (C=O) groups is 4. The van der Waals surface area contributed by atoms with E-state index in [1.807, 2.05) is 24.3 Å². The third kappa shape index (κ3) is 12.0. The largest absolute Gasteiger partial charge is 0.463 e. The molecule has 362 valence electrons. The minimum atomic E-state index is -0.471. The first-order valence-electron chi connectivity index (χ1n) is 24.5. The molecule has 0 bridgehead atoms. The molecule has 0 atom stereocenters. The van der Waals surface area contributed by atoms with Gasteiger partial charge in [0, 0.05) is 24.3 Å². The first-order chi connectivity index (χ1) is 35.2. The van der Waals surface area contributed by atoms with Crippen LogP contribution in [0.2, 0.25) is 0 Å². The Kier molecular flexibility index (Phi) is 16.7. The predicted octanol–water partition coefficient (Wildman–Crippen LogP) is 14.6. The van der Waals surface area contributed by atoms with Crippen LogP contribution in [0.25, 0.3) is 76.8 Å². The van der Waals surface area contributed by atoms with Crippen molar-refractivity contribution in [2.24, 2.45) is 0 Å². The van der Waals surface area contributed by atoms with Crippen LogP contribution >= 0.6 is 0 Å². The highest BCUT2D eigenvalue weighted by Crippen LogP contribution is 2.48. The van der Waals surface area contributed by atoms with E-state index in [1.54, 1.807) is 0 Å². The molecule has 0 aliphatic carbocycles. The molecule has 8 heteroatoms. The number of rotatable bonds is 24. The monoisotopic (exact) mass is 954 g/mol. The second-order valence-electron chi connectivity index (χ2n) is 17.8. The lowest BCUT2D eigenvalue weighted by Crippen LogP contribution is -2.01. The van der Waals surface area contributed by atoms with Gasteiger partial charge < -0.3 is 18.9 Å². The Morgan fingerprint density at radius 2 is 0.611 bits per heavy atom. The van der Waals surface area contributed by atoms with E-state index in [0.29, 0.717) is 13.2 Å². The van der Waals surface area contributed by atoms with Gasteiger partial charge in [0.05, 0.1) is 13.2 Å². The normalized spacial score (nSPS) is 11.1. The van der Waals surface area contributed by atoms with Gasteiger partial charge in [-0.15, -0.1) is 0 Å². The van der Waals surface area contributed by atoms with Crippen LogP contribution in [0.5, 0.6) is 0 Å². The first-order valence-corrected chi connectivity index (χ1v) is 24.5. The third-order valence-electron chi connectivity index (χ3n) is 13.1. The smallest absolute Gasteiger partial charge is 0.330 e. The van der Waals surface area contributed by atoms with Gasteiger partial charge in [0.15, 0.2) is 0 Å². The summed E-state index contributed by atoms with van der Waals surface area (Å²) in [5.41, 5.74) is 12.9. The Hall–Kier alpha value is -8.36. The number of ether oxygens (including phenoxy) is 4. The zero-order chi connectivity index (χ0) is 50.4. The number of aryl methyl sites for hydroxylation is 2. The summed E-state index contributed by atoms with van der Waals surface area (Å²) in [4.78, 5) is 46.7. The fraction of sp³-hybridized carbons (Fsp3) is 0.188. The molecule has 0 N–H and O–H groups in total. The summed E-state index contributed by atoms with van der Waals surface area (Å²) in [7, 11) is 0. The molecule has 0 amide bonds. The van der Waals surface area contributed by atoms with Crippen molar-refractivity contribution in [3.05, 3.63) is 206 Å². The van der Waals surface area contributed by atoms with Crippen molar-refractivity contribution < 1.29 is 38.1 Å². The number of esters is 4. The van der Waals surface area contributed by atoms with E-state index in [9.17, 15) is 19.2 Å². The molecular formula is C64H58O8. The molecule has 0 aliphatic rings. The molecule has 0 spiro atoms. The van der Waals surface area contributed by atoms with Gasteiger partial charge >= 0.3 is 23.9 Å². The molecule has 0 aliphatic heterocycles. The molecule has 72 heavy (non-hydrogen) atoms. The first kappa shape index (κ1) is 50.0. The molecular weight excluding hydrogens is 897 g/mol. The van der Waals surface area contributed by atoms with Gasteiger partial charge in [-0.25, -0.2) is 19.2 Å². The summed E-state index contributed by atoms with van der Waals surface area (Å²) in [6.07, 6.45) is 12.0. The zero-order valence-electron chi connectivity index (χ0n) is 40.6. The Balaban J connectivity index is 1.23. The molecule has 0 fully saturated rings. The fourth-order valence-electron chi connectivity index (χ4n) is 9.32. The number of hydrogen-bond acceptors (Lipinski definition) is 8. The molecule has 8 nitrogen and oxygen atoms in total. The summed E-state index contributed by atoms with van der Waals surface area (Å²) in [5.74, 6) is -1.72. The topological polar surface area (TPSA) is 105 Å². The number of benzene rings is 8. The van der Waals surface area contributed by atoms with Crippen LogP contribution in [0.3, 0.4) is 0 Å². The maximum absolute atomic E-state index is 11.9. The summed E-state index contributed by atoms with van der Waals surface area (Å²) in [6.45, 7) is 15.1. The lowest BCUT2D eigenvalue weighted by molar-refractivity contribution is -0.139. The quantitative estimate of drug-likeness (QED) is 0.0194. The average Bonchev–Trinajstić information content (AvgIpc) is 3.43. The van der Waals surface area contributed by atoms with Gasteiger partial charge in [-0.3, -0.25) is 0 Å². The van der Waals surface area contributed by atoms with Gasteiger partial charge in [-0.1, -0.05) is 148 Å². The van der Waals surface area contributed by atoms with Crippen molar-refractivity contribution >= 4 is 56.2 Å². The molecule has 0 saturated heterocycles. The van der Waals surface area contributed by atoms with Crippen molar-refractivity contribution in [3.63, 3.8) is 0 Å². The summed E-state index contributed by atoms with van der Waals surface area (Å²) < 4.78 is 21.1.